The topological polar surface area (TPSA) is 59.8 Å². The van der Waals surface area contributed by atoms with Gasteiger partial charge in [0.25, 0.3) is 5.91 Å². The minimum absolute atomic E-state index is 0.0662. The fraction of sp³-hybridized carbons (Fsp3) is 0.250. The summed E-state index contributed by atoms with van der Waals surface area (Å²) in [5, 5.41) is 6.75. The molecule has 0 saturated carbocycles. The quantitative estimate of drug-likeness (QED) is 0.830. The second-order valence-electron chi connectivity index (χ2n) is 3.91. The average Bonchev–Trinajstić information content (AvgIpc) is 2.67. The van der Waals surface area contributed by atoms with Gasteiger partial charge < -0.3 is 5.32 Å². The van der Waals surface area contributed by atoms with Crippen LogP contribution in [-0.2, 0) is 13.6 Å². The van der Waals surface area contributed by atoms with Gasteiger partial charge >= 0.3 is 0 Å². The molecule has 2 heterocycles. The fourth-order valence-electron chi connectivity index (χ4n) is 1.52. The highest BCUT2D eigenvalue weighted by Gasteiger charge is 2.09. The van der Waals surface area contributed by atoms with Crippen LogP contribution in [0.15, 0.2) is 24.4 Å². The number of aromatic nitrogens is 3. The first kappa shape index (κ1) is 12.2. The summed E-state index contributed by atoms with van der Waals surface area (Å²) in [5.74, 6) is -1.07. The van der Waals surface area contributed by atoms with Crippen LogP contribution in [0.2, 0.25) is 0 Å². The molecule has 0 spiro atoms. The standard InChI is InChI=1S/C12H13FN4O/c1-8-9(7-15-17(8)2)6-14-12(18)10-4-3-5-11(13)16-10/h3-5,7H,6H2,1-2H3,(H,14,18). The normalized spacial score (nSPS) is 10.4. The SMILES string of the molecule is Cc1c(CNC(=O)c2cccc(F)n2)cnn1C. The van der Waals surface area contributed by atoms with Gasteiger partial charge in [-0.25, -0.2) is 4.98 Å². The number of carbonyl (C=O) groups is 1. The van der Waals surface area contributed by atoms with E-state index in [0.29, 0.717) is 6.54 Å². The van der Waals surface area contributed by atoms with Gasteiger partial charge in [-0.05, 0) is 19.1 Å². The van der Waals surface area contributed by atoms with Crippen molar-refractivity contribution in [2.75, 3.05) is 0 Å². The van der Waals surface area contributed by atoms with E-state index in [4.69, 9.17) is 0 Å². The molecule has 0 aromatic carbocycles. The summed E-state index contributed by atoms with van der Waals surface area (Å²) in [7, 11) is 1.83. The van der Waals surface area contributed by atoms with Crippen LogP contribution >= 0.6 is 0 Å². The van der Waals surface area contributed by atoms with Gasteiger partial charge in [-0.3, -0.25) is 9.48 Å². The monoisotopic (exact) mass is 248 g/mol. The van der Waals surface area contributed by atoms with Crippen LogP contribution in [0.3, 0.4) is 0 Å². The first-order valence-electron chi connectivity index (χ1n) is 5.46. The second-order valence-corrected chi connectivity index (χ2v) is 3.91. The van der Waals surface area contributed by atoms with Crippen molar-refractivity contribution in [2.45, 2.75) is 13.5 Å². The van der Waals surface area contributed by atoms with Crippen molar-refractivity contribution in [3.05, 3.63) is 47.3 Å². The van der Waals surface area contributed by atoms with E-state index in [1.807, 2.05) is 14.0 Å². The van der Waals surface area contributed by atoms with Crippen LogP contribution in [0, 0.1) is 12.9 Å². The van der Waals surface area contributed by atoms with Crippen molar-refractivity contribution in [3.63, 3.8) is 0 Å². The maximum absolute atomic E-state index is 12.9. The summed E-state index contributed by atoms with van der Waals surface area (Å²) >= 11 is 0. The van der Waals surface area contributed by atoms with Gasteiger partial charge in [0.2, 0.25) is 5.95 Å². The van der Waals surface area contributed by atoms with E-state index in [0.717, 1.165) is 11.3 Å². The molecular formula is C12H13FN4O. The molecule has 1 N–H and O–H groups in total. The van der Waals surface area contributed by atoms with Crippen LogP contribution < -0.4 is 5.32 Å². The number of pyridine rings is 1. The van der Waals surface area contributed by atoms with Crippen molar-refractivity contribution >= 4 is 5.91 Å². The third kappa shape index (κ3) is 2.53. The molecule has 5 nitrogen and oxygen atoms in total. The summed E-state index contributed by atoms with van der Waals surface area (Å²) in [4.78, 5) is 15.2. The highest BCUT2D eigenvalue weighted by atomic mass is 19.1. The predicted molar refractivity (Wildman–Crippen MR) is 63.3 cm³/mol. The Balaban J connectivity index is 2.03. The van der Waals surface area contributed by atoms with Crippen molar-refractivity contribution in [1.82, 2.24) is 20.1 Å². The summed E-state index contributed by atoms with van der Waals surface area (Å²) in [6.07, 6.45) is 1.69. The zero-order valence-corrected chi connectivity index (χ0v) is 10.1. The predicted octanol–water partition coefficient (Wildman–Crippen LogP) is 1.19. The molecule has 0 atom stereocenters. The Bertz CT molecular complexity index is 579. The zero-order chi connectivity index (χ0) is 13.1. The van der Waals surface area contributed by atoms with E-state index in [-0.39, 0.29) is 5.69 Å². The Kier molecular flexibility index (Phi) is 3.36. The summed E-state index contributed by atoms with van der Waals surface area (Å²) in [6, 6.07) is 4.11. The van der Waals surface area contributed by atoms with Crippen LogP contribution in [0.1, 0.15) is 21.7 Å². The maximum atomic E-state index is 12.9. The molecule has 0 saturated heterocycles. The molecule has 2 aromatic rings. The largest absolute Gasteiger partial charge is 0.346 e. The number of hydrogen-bond donors (Lipinski definition) is 1. The average molecular weight is 248 g/mol. The van der Waals surface area contributed by atoms with Crippen molar-refractivity contribution in [3.8, 4) is 0 Å². The first-order valence-corrected chi connectivity index (χ1v) is 5.46. The highest BCUT2D eigenvalue weighted by Crippen LogP contribution is 2.05. The number of aryl methyl sites for hydroxylation is 1. The Morgan fingerprint density at radius 2 is 2.28 bits per heavy atom. The molecule has 0 aliphatic heterocycles. The highest BCUT2D eigenvalue weighted by molar-refractivity contribution is 5.92. The Labute approximate surface area is 104 Å². The minimum atomic E-state index is -0.666. The molecule has 0 aliphatic rings. The van der Waals surface area contributed by atoms with Gasteiger partial charge in [0.15, 0.2) is 0 Å². The van der Waals surface area contributed by atoms with E-state index < -0.39 is 11.9 Å². The molecule has 0 fully saturated rings. The number of halogens is 1. The molecule has 0 unspecified atom stereocenters. The Morgan fingerprint density at radius 1 is 1.50 bits per heavy atom. The summed E-state index contributed by atoms with van der Waals surface area (Å²) in [5.41, 5.74) is 1.96. The van der Waals surface area contributed by atoms with Crippen LogP contribution in [0.25, 0.3) is 0 Å². The van der Waals surface area contributed by atoms with Gasteiger partial charge in [0, 0.05) is 24.8 Å². The Morgan fingerprint density at radius 3 is 2.89 bits per heavy atom. The molecule has 1 amide bonds. The van der Waals surface area contributed by atoms with Gasteiger partial charge in [0.1, 0.15) is 5.69 Å². The minimum Gasteiger partial charge on any atom is -0.346 e. The van der Waals surface area contributed by atoms with E-state index in [1.54, 1.807) is 10.9 Å². The smallest absolute Gasteiger partial charge is 0.270 e. The number of nitrogens with one attached hydrogen (secondary N) is 1. The lowest BCUT2D eigenvalue weighted by Gasteiger charge is -2.04. The second kappa shape index (κ2) is 4.95. The van der Waals surface area contributed by atoms with Gasteiger partial charge in [0.05, 0.1) is 6.20 Å². The molecule has 18 heavy (non-hydrogen) atoms. The van der Waals surface area contributed by atoms with Crippen LogP contribution in [0.5, 0.6) is 0 Å². The number of carbonyl (C=O) groups excluding carboxylic acids is 1. The number of nitrogens with zero attached hydrogens (tertiary/aromatic N) is 3. The lowest BCUT2D eigenvalue weighted by molar-refractivity contribution is 0.0944. The third-order valence-electron chi connectivity index (χ3n) is 2.72. The first-order chi connectivity index (χ1) is 8.58. The molecule has 94 valence electrons. The van der Waals surface area contributed by atoms with Gasteiger partial charge in [-0.1, -0.05) is 6.07 Å². The van der Waals surface area contributed by atoms with Gasteiger partial charge in [-0.15, -0.1) is 0 Å². The maximum Gasteiger partial charge on any atom is 0.270 e. The van der Waals surface area contributed by atoms with E-state index in [1.165, 1.54) is 18.2 Å². The van der Waals surface area contributed by atoms with Crippen molar-refractivity contribution < 1.29 is 9.18 Å². The molecule has 0 bridgehead atoms. The third-order valence-corrected chi connectivity index (χ3v) is 2.72. The molecule has 2 rings (SSSR count). The van der Waals surface area contributed by atoms with Crippen molar-refractivity contribution in [2.24, 2.45) is 7.05 Å². The van der Waals surface area contributed by atoms with E-state index >= 15 is 0 Å². The fourth-order valence-corrected chi connectivity index (χ4v) is 1.52. The van der Waals surface area contributed by atoms with Gasteiger partial charge in [-0.2, -0.15) is 9.49 Å². The Hall–Kier alpha value is -2.24. The van der Waals surface area contributed by atoms with E-state index in [2.05, 4.69) is 15.4 Å². The lowest BCUT2D eigenvalue weighted by Crippen LogP contribution is -2.24. The van der Waals surface area contributed by atoms with Crippen LogP contribution in [0.4, 0.5) is 4.39 Å². The zero-order valence-electron chi connectivity index (χ0n) is 10.1. The number of hydrogen-bond acceptors (Lipinski definition) is 3. The van der Waals surface area contributed by atoms with Crippen LogP contribution in [-0.4, -0.2) is 20.7 Å². The summed E-state index contributed by atoms with van der Waals surface area (Å²) < 4.78 is 14.6. The lowest BCUT2D eigenvalue weighted by atomic mass is 10.2. The van der Waals surface area contributed by atoms with Crippen molar-refractivity contribution in [1.29, 1.82) is 0 Å². The van der Waals surface area contributed by atoms with E-state index in [9.17, 15) is 9.18 Å². The molecule has 0 radical (unpaired) electrons. The number of rotatable bonds is 3. The molecule has 0 aliphatic carbocycles. The number of amides is 1. The molecule has 6 heteroatoms. The molecular weight excluding hydrogens is 235 g/mol. The molecule has 2 aromatic heterocycles. The summed E-state index contributed by atoms with van der Waals surface area (Å²) in [6.45, 7) is 2.26.